The van der Waals surface area contributed by atoms with Crippen LogP contribution in [0.5, 0.6) is 0 Å². The van der Waals surface area contributed by atoms with Gasteiger partial charge in [-0.05, 0) is 113 Å². The molecule has 1 aliphatic carbocycles. The van der Waals surface area contributed by atoms with Crippen molar-refractivity contribution < 1.29 is 9.52 Å². The lowest BCUT2D eigenvalue weighted by Crippen LogP contribution is -2.55. The van der Waals surface area contributed by atoms with Crippen LogP contribution in [0.1, 0.15) is 86.0 Å². The topological polar surface area (TPSA) is 88.0 Å². The van der Waals surface area contributed by atoms with Crippen LogP contribution in [0.2, 0.25) is 0 Å². The number of H-pyrrole nitrogens is 1. The SMILES string of the molecule is Cc1cc(C)cc(-c2[nH]c3cnc(C(C)(C)C(=O)N4CC5CCC4CC5)cc3c2C(C)CNCCc2cc[n+]([O-])c(C)c2)c1. The van der Waals surface area contributed by atoms with Crippen LogP contribution in [0.3, 0.4) is 0 Å². The number of fused-ring (bicyclic) bond motifs is 4. The molecule has 2 bridgehead atoms. The summed E-state index contributed by atoms with van der Waals surface area (Å²) in [5, 5.41) is 16.5. The minimum Gasteiger partial charge on any atom is -0.619 e. The van der Waals surface area contributed by atoms with Crippen molar-refractivity contribution in [2.45, 2.75) is 91.0 Å². The molecule has 1 saturated carbocycles. The van der Waals surface area contributed by atoms with E-state index in [1.165, 1.54) is 35.1 Å². The molecule has 7 heteroatoms. The number of aryl methyl sites for hydroxylation is 3. The molecule has 2 aliphatic heterocycles. The Labute approximate surface area is 261 Å². The first-order chi connectivity index (χ1) is 21.0. The molecule has 1 amide bonds. The Morgan fingerprint density at radius 1 is 1.11 bits per heavy atom. The zero-order valence-corrected chi connectivity index (χ0v) is 27.2. The van der Waals surface area contributed by atoms with Crippen LogP contribution in [-0.2, 0) is 16.6 Å². The largest absolute Gasteiger partial charge is 0.619 e. The van der Waals surface area contributed by atoms with E-state index in [2.05, 4.69) is 60.2 Å². The Morgan fingerprint density at radius 3 is 2.50 bits per heavy atom. The summed E-state index contributed by atoms with van der Waals surface area (Å²) in [4.78, 5) is 24.8. The molecule has 1 atom stereocenters. The van der Waals surface area contributed by atoms with Gasteiger partial charge in [-0.1, -0.05) is 24.1 Å². The van der Waals surface area contributed by atoms with Crippen LogP contribution in [0.25, 0.3) is 22.2 Å². The van der Waals surface area contributed by atoms with Crippen LogP contribution >= 0.6 is 0 Å². The second kappa shape index (κ2) is 12.0. The van der Waals surface area contributed by atoms with E-state index in [1.807, 2.05) is 39.1 Å². The zero-order chi connectivity index (χ0) is 31.2. The number of carbonyl (C=O) groups excluding carboxylic acids is 1. The molecule has 2 saturated heterocycles. The third kappa shape index (κ3) is 5.86. The molecule has 0 spiro atoms. The zero-order valence-electron chi connectivity index (χ0n) is 27.2. The van der Waals surface area contributed by atoms with Crippen molar-refractivity contribution in [1.29, 1.82) is 0 Å². The monoisotopic (exact) mass is 593 g/mol. The van der Waals surface area contributed by atoms with E-state index in [-0.39, 0.29) is 11.8 Å². The molecule has 1 unspecified atom stereocenters. The predicted octanol–water partition coefficient (Wildman–Crippen LogP) is 6.40. The first kappa shape index (κ1) is 30.3. The number of benzene rings is 1. The van der Waals surface area contributed by atoms with Gasteiger partial charge in [-0.2, -0.15) is 4.73 Å². The normalized spacial score (nSPS) is 19.1. The van der Waals surface area contributed by atoms with Crippen LogP contribution in [0.15, 0.2) is 48.8 Å². The molecule has 1 aromatic carbocycles. The number of nitrogens with zero attached hydrogens (tertiary/aromatic N) is 3. The molecule has 5 heterocycles. The molecule has 44 heavy (non-hydrogen) atoms. The minimum absolute atomic E-state index is 0.202. The second-order valence-electron chi connectivity index (χ2n) is 14.0. The maximum Gasteiger partial charge on any atom is 0.234 e. The fourth-order valence-corrected chi connectivity index (χ4v) is 7.57. The van der Waals surface area contributed by atoms with E-state index in [1.54, 1.807) is 6.20 Å². The molecule has 3 fully saturated rings. The number of piperidine rings is 2. The van der Waals surface area contributed by atoms with Crippen LogP contribution in [-0.4, -0.2) is 46.5 Å². The van der Waals surface area contributed by atoms with Gasteiger partial charge in [-0.3, -0.25) is 9.78 Å². The molecule has 4 aromatic rings. The lowest BCUT2D eigenvalue weighted by molar-refractivity contribution is -0.612. The summed E-state index contributed by atoms with van der Waals surface area (Å²) < 4.78 is 0.902. The van der Waals surface area contributed by atoms with Crippen molar-refractivity contribution in [1.82, 2.24) is 20.2 Å². The van der Waals surface area contributed by atoms with E-state index in [4.69, 9.17) is 4.98 Å². The average molecular weight is 594 g/mol. The van der Waals surface area contributed by atoms with Crippen molar-refractivity contribution >= 4 is 16.8 Å². The molecule has 7 rings (SSSR count). The van der Waals surface area contributed by atoms with Gasteiger partial charge in [-0.25, -0.2) is 0 Å². The van der Waals surface area contributed by atoms with E-state index in [9.17, 15) is 10.0 Å². The highest BCUT2D eigenvalue weighted by Crippen LogP contribution is 2.40. The lowest BCUT2D eigenvalue weighted by Gasteiger charge is -2.47. The lowest BCUT2D eigenvalue weighted by atomic mass is 9.77. The Balaban J connectivity index is 1.31. The number of aromatic amines is 1. The molecule has 7 nitrogen and oxygen atoms in total. The summed E-state index contributed by atoms with van der Waals surface area (Å²) in [6, 6.07) is 13.1. The summed E-state index contributed by atoms with van der Waals surface area (Å²) in [5.74, 6) is 1.06. The molecular weight excluding hydrogens is 546 g/mol. The van der Waals surface area contributed by atoms with Crippen molar-refractivity contribution in [3.63, 3.8) is 0 Å². The van der Waals surface area contributed by atoms with Crippen molar-refractivity contribution in [3.8, 4) is 11.3 Å². The van der Waals surface area contributed by atoms with Crippen LogP contribution in [0.4, 0.5) is 0 Å². The van der Waals surface area contributed by atoms with Crippen LogP contribution < -0.4 is 10.0 Å². The van der Waals surface area contributed by atoms with Gasteiger partial charge in [0.2, 0.25) is 5.91 Å². The highest BCUT2D eigenvalue weighted by Gasteiger charge is 2.43. The summed E-state index contributed by atoms with van der Waals surface area (Å²) in [7, 11) is 0. The fourth-order valence-electron chi connectivity index (χ4n) is 7.57. The number of carbonyl (C=O) groups is 1. The molecule has 3 aromatic heterocycles. The summed E-state index contributed by atoms with van der Waals surface area (Å²) in [6.07, 6.45) is 9.14. The third-order valence-electron chi connectivity index (χ3n) is 10.1. The first-order valence-electron chi connectivity index (χ1n) is 16.3. The smallest absolute Gasteiger partial charge is 0.234 e. The molecule has 0 radical (unpaired) electrons. The quantitative estimate of drug-likeness (QED) is 0.134. The van der Waals surface area contributed by atoms with Gasteiger partial charge in [0.1, 0.15) is 0 Å². The van der Waals surface area contributed by atoms with Crippen LogP contribution in [0, 0.1) is 31.9 Å². The van der Waals surface area contributed by atoms with Gasteiger partial charge in [0.25, 0.3) is 0 Å². The van der Waals surface area contributed by atoms with Crippen molar-refractivity contribution in [3.05, 3.63) is 87.6 Å². The Kier molecular flexibility index (Phi) is 8.27. The van der Waals surface area contributed by atoms with Gasteiger partial charge in [-0.15, -0.1) is 0 Å². The van der Waals surface area contributed by atoms with E-state index < -0.39 is 5.41 Å². The number of rotatable bonds is 9. The van der Waals surface area contributed by atoms with Crippen molar-refractivity contribution in [2.24, 2.45) is 5.92 Å². The molecular formula is C37H47N5O2. The highest BCUT2D eigenvalue weighted by molar-refractivity contribution is 5.93. The first-order valence-corrected chi connectivity index (χ1v) is 16.3. The maximum atomic E-state index is 14.0. The van der Waals surface area contributed by atoms with Gasteiger partial charge in [0, 0.05) is 43.6 Å². The van der Waals surface area contributed by atoms with Gasteiger partial charge in [0.15, 0.2) is 11.9 Å². The van der Waals surface area contributed by atoms with E-state index >= 15 is 0 Å². The molecule has 3 aliphatic rings. The number of hydrogen-bond acceptors (Lipinski definition) is 4. The third-order valence-corrected chi connectivity index (χ3v) is 10.1. The van der Waals surface area contributed by atoms with Gasteiger partial charge < -0.3 is 20.4 Å². The van der Waals surface area contributed by atoms with Gasteiger partial charge in [0.05, 0.1) is 28.5 Å². The Morgan fingerprint density at radius 2 is 1.84 bits per heavy atom. The number of amides is 1. The number of aromatic nitrogens is 3. The van der Waals surface area contributed by atoms with Crippen molar-refractivity contribution in [2.75, 3.05) is 19.6 Å². The Bertz CT molecular complexity index is 1660. The summed E-state index contributed by atoms with van der Waals surface area (Å²) in [6.45, 7) is 15.0. The molecule has 232 valence electrons. The summed E-state index contributed by atoms with van der Waals surface area (Å²) >= 11 is 0. The fraction of sp³-hybridized carbons (Fsp3) is 0.486. The van der Waals surface area contributed by atoms with E-state index in [0.29, 0.717) is 17.7 Å². The Hall–Kier alpha value is -3.71. The molecule has 2 N–H and O–H groups in total. The standard InChI is InChI=1S/C37H47N5O2/c1-23-15-24(2)17-29(16-23)35-34(25(3)20-38-13-11-27-12-14-42(44)26(4)18-27)31-19-33(39-21-32(31)40-35)37(5,6)36(43)41-22-28-7-9-30(41)10-8-28/h12,14-19,21,25,28,30,38,40H,7-11,13,20,22H2,1-6H3. The summed E-state index contributed by atoms with van der Waals surface area (Å²) in [5.41, 5.74) is 9.00. The average Bonchev–Trinajstić information content (AvgIpc) is 3.40. The second-order valence-corrected chi connectivity index (χ2v) is 14.0. The highest BCUT2D eigenvalue weighted by atomic mass is 16.5. The number of nitrogens with one attached hydrogen (secondary N) is 2. The maximum absolute atomic E-state index is 14.0. The number of hydrogen-bond donors (Lipinski definition) is 2. The van der Waals surface area contributed by atoms with E-state index in [0.717, 1.165) is 71.5 Å². The minimum atomic E-state index is -0.710. The predicted molar refractivity (Wildman–Crippen MR) is 177 cm³/mol. The van der Waals surface area contributed by atoms with Gasteiger partial charge >= 0.3 is 0 Å². The number of pyridine rings is 2.